The Morgan fingerprint density at radius 2 is 2.13 bits per heavy atom. The van der Waals surface area contributed by atoms with Gasteiger partial charge in [0.1, 0.15) is 11.7 Å². The van der Waals surface area contributed by atoms with Gasteiger partial charge >= 0.3 is 0 Å². The summed E-state index contributed by atoms with van der Waals surface area (Å²) in [4.78, 5) is 16.6. The first-order valence-electron chi connectivity index (χ1n) is 7.84. The zero-order valence-corrected chi connectivity index (χ0v) is 13.7. The number of carbonyl (C=O) groups is 1. The van der Waals surface area contributed by atoms with E-state index >= 15 is 0 Å². The Morgan fingerprint density at radius 1 is 1.26 bits per heavy atom. The average molecular weight is 328 g/mol. The third kappa shape index (κ3) is 4.48. The second-order valence-corrected chi connectivity index (χ2v) is 6.60. The first-order valence-corrected chi connectivity index (χ1v) is 9.00. The molecule has 0 saturated carbocycles. The van der Waals surface area contributed by atoms with Crippen molar-refractivity contribution in [3.05, 3.63) is 59.8 Å². The molecule has 1 N–H and O–H groups in total. The lowest BCUT2D eigenvalue weighted by atomic mass is 10.1. The Labute approximate surface area is 140 Å². The van der Waals surface area contributed by atoms with Crippen LogP contribution >= 0.6 is 11.8 Å². The van der Waals surface area contributed by atoms with Crippen LogP contribution in [0.4, 0.5) is 0 Å². The van der Waals surface area contributed by atoms with Gasteiger partial charge < -0.3 is 10.1 Å². The molecule has 2 heterocycles. The predicted octanol–water partition coefficient (Wildman–Crippen LogP) is 2.94. The van der Waals surface area contributed by atoms with Gasteiger partial charge in [-0.15, -0.1) is 0 Å². The van der Waals surface area contributed by atoms with Gasteiger partial charge in [-0.25, -0.2) is 4.98 Å². The van der Waals surface area contributed by atoms with E-state index in [0.717, 1.165) is 24.3 Å². The molecule has 1 atom stereocenters. The molecule has 0 unspecified atom stereocenters. The van der Waals surface area contributed by atoms with Gasteiger partial charge in [0.05, 0.1) is 0 Å². The van der Waals surface area contributed by atoms with E-state index in [1.165, 1.54) is 5.56 Å². The number of aromatic nitrogens is 1. The summed E-state index contributed by atoms with van der Waals surface area (Å²) in [6, 6.07) is 13.6. The van der Waals surface area contributed by atoms with Crippen LogP contribution in [0.15, 0.2) is 48.7 Å². The fraction of sp³-hybridized carbons (Fsp3) is 0.333. The monoisotopic (exact) mass is 328 g/mol. The highest BCUT2D eigenvalue weighted by Gasteiger charge is 2.21. The van der Waals surface area contributed by atoms with Gasteiger partial charge in [0, 0.05) is 18.5 Å². The Bertz CT molecular complexity index is 642. The standard InChI is InChI=1S/C18H20N2O2S/c21-17(19-11-8-14-5-2-1-3-6-14)16-7-4-10-20-18(16)22-15-9-12-23-13-15/h1-7,10,15H,8-9,11-13H2,(H,19,21)/t15-/m0/s1. The van der Waals surface area contributed by atoms with Crippen LogP contribution in [0.2, 0.25) is 0 Å². The number of carbonyl (C=O) groups excluding carboxylic acids is 1. The highest BCUT2D eigenvalue weighted by molar-refractivity contribution is 7.99. The van der Waals surface area contributed by atoms with Crippen molar-refractivity contribution in [3.63, 3.8) is 0 Å². The second-order valence-electron chi connectivity index (χ2n) is 5.45. The summed E-state index contributed by atoms with van der Waals surface area (Å²) in [6.45, 7) is 0.594. The minimum Gasteiger partial charge on any atom is -0.473 e. The van der Waals surface area contributed by atoms with Crippen LogP contribution in [0.3, 0.4) is 0 Å². The molecule has 1 aromatic carbocycles. The lowest BCUT2D eigenvalue weighted by Gasteiger charge is -2.14. The van der Waals surface area contributed by atoms with Crippen molar-refractivity contribution in [1.29, 1.82) is 0 Å². The molecule has 1 fully saturated rings. The van der Waals surface area contributed by atoms with Gasteiger partial charge in [0.15, 0.2) is 0 Å². The minimum atomic E-state index is -0.130. The lowest BCUT2D eigenvalue weighted by molar-refractivity contribution is 0.0946. The summed E-state index contributed by atoms with van der Waals surface area (Å²) in [5.41, 5.74) is 1.72. The van der Waals surface area contributed by atoms with Crippen molar-refractivity contribution in [1.82, 2.24) is 10.3 Å². The van der Waals surface area contributed by atoms with Crippen molar-refractivity contribution in [2.45, 2.75) is 18.9 Å². The molecule has 5 heteroatoms. The van der Waals surface area contributed by atoms with Crippen molar-refractivity contribution < 1.29 is 9.53 Å². The van der Waals surface area contributed by atoms with Gasteiger partial charge in [0.2, 0.25) is 5.88 Å². The van der Waals surface area contributed by atoms with Crippen LogP contribution in [-0.2, 0) is 6.42 Å². The van der Waals surface area contributed by atoms with Crippen molar-refractivity contribution >= 4 is 17.7 Å². The van der Waals surface area contributed by atoms with Crippen LogP contribution < -0.4 is 10.1 Å². The molecule has 0 spiro atoms. The maximum absolute atomic E-state index is 12.4. The van der Waals surface area contributed by atoms with Crippen molar-refractivity contribution in [2.75, 3.05) is 18.1 Å². The van der Waals surface area contributed by atoms with Gasteiger partial charge in [0.25, 0.3) is 5.91 Å². The van der Waals surface area contributed by atoms with E-state index in [1.807, 2.05) is 30.0 Å². The molecular formula is C18H20N2O2S. The fourth-order valence-electron chi connectivity index (χ4n) is 2.48. The lowest BCUT2D eigenvalue weighted by Crippen LogP contribution is -2.27. The van der Waals surface area contributed by atoms with Crippen LogP contribution in [-0.4, -0.2) is 35.0 Å². The molecule has 1 aliphatic heterocycles. The third-order valence-electron chi connectivity index (χ3n) is 3.72. The topological polar surface area (TPSA) is 51.2 Å². The summed E-state index contributed by atoms with van der Waals surface area (Å²) in [5.74, 6) is 2.38. The second kappa shape index (κ2) is 8.02. The van der Waals surface area contributed by atoms with E-state index in [2.05, 4.69) is 22.4 Å². The highest BCUT2D eigenvalue weighted by Crippen LogP contribution is 2.24. The molecule has 2 aromatic rings. The van der Waals surface area contributed by atoms with Crippen LogP contribution in [0.25, 0.3) is 0 Å². The molecule has 4 nitrogen and oxygen atoms in total. The predicted molar refractivity (Wildman–Crippen MR) is 93.1 cm³/mol. The minimum absolute atomic E-state index is 0.130. The van der Waals surface area contributed by atoms with Crippen LogP contribution in [0.1, 0.15) is 22.3 Å². The highest BCUT2D eigenvalue weighted by atomic mass is 32.2. The van der Waals surface area contributed by atoms with E-state index in [0.29, 0.717) is 18.0 Å². The molecular weight excluding hydrogens is 308 g/mol. The maximum atomic E-state index is 12.4. The van der Waals surface area contributed by atoms with Crippen LogP contribution in [0.5, 0.6) is 5.88 Å². The van der Waals surface area contributed by atoms with Gasteiger partial charge in [-0.2, -0.15) is 11.8 Å². The van der Waals surface area contributed by atoms with Gasteiger partial charge in [-0.05, 0) is 36.3 Å². The number of nitrogens with one attached hydrogen (secondary N) is 1. The van der Waals surface area contributed by atoms with Gasteiger partial charge in [-0.3, -0.25) is 4.79 Å². The molecule has 0 radical (unpaired) electrons. The zero-order valence-electron chi connectivity index (χ0n) is 12.9. The Balaban J connectivity index is 1.58. The molecule has 3 rings (SSSR count). The fourth-order valence-corrected chi connectivity index (χ4v) is 3.58. The molecule has 1 aromatic heterocycles. The summed E-state index contributed by atoms with van der Waals surface area (Å²) in [5, 5.41) is 2.95. The first-order chi connectivity index (χ1) is 11.3. The zero-order chi connectivity index (χ0) is 15.9. The molecule has 0 aliphatic carbocycles. The summed E-state index contributed by atoms with van der Waals surface area (Å²) < 4.78 is 5.90. The SMILES string of the molecule is O=C(NCCc1ccccc1)c1cccnc1O[C@H]1CCSC1. The third-order valence-corrected chi connectivity index (χ3v) is 4.86. The quantitative estimate of drug-likeness (QED) is 0.886. The van der Waals surface area contributed by atoms with E-state index < -0.39 is 0 Å². The Kier molecular flexibility index (Phi) is 5.53. The van der Waals surface area contributed by atoms with Crippen LogP contribution in [0, 0.1) is 0 Å². The number of rotatable bonds is 6. The van der Waals surface area contributed by atoms with E-state index in [9.17, 15) is 4.79 Å². The summed E-state index contributed by atoms with van der Waals surface area (Å²) in [6.07, 6.45) is 3.64. The normalized spacial score (nSPS) is 17.0. The number of amides is 1. The van der Waals surface area contributed by atoms with E-state index in [-0.39, 0.29) is 12.0 Å². The molecule has 23 heavy (non-hydrogen) atoms. The number of ether oxygens (including phenoxy) is 1. The van der Waals surface area contributed by atoms with E-state index in [4.69, 9.17) is 4.74 Å². The largest absolute Gasteiger partial charge is 0.473 e. The molecule has 1 saturated heterocycles. The van der Waals surface area contributed by atoms with Crippen molar-refractivity contribution in [2.24, 2.45) is 0 Å². The molecule has 1 aliphatic rings. The Hall–Kier alpha value is -2.01. The maximum Gasteiger partial charge on any atom is 0.256 e. The van der Waals surface area contributed by atoms with Gasteiger partial charge in [-0.1, -0.05) is 30.3 Å². The number of nitrogens with zero attached hydrogens (tertiary/aromatic N) is 1. The number of benzene rings is 1. The molecule has 1 amide bonds. The Morgan fingerprint density at radius 3 is 2.91 bits per heavy atom. The summed E-state index contributed by atoms with van der Waals surface area (Å²) in [7, 11) is 0. The molecule has 120 valence electrons. The average Bonchev–Trinajstić information content (AvgIpc) is 3.09. The van der Waals surface area contributed by atoms with Crippen molar-refractivity contribution in [3.8, 4) is 5.88 Å². The number of hydrogen-bond donors (Lipinski definition) is 1. The summed E-state index contributed by atoms with van der Waals surface area (Å²) >= 11 is 1.87. The number of thioether (sulfide) groups is 1. The molecule has 0 bridgehead atoms. The number of pyridine rings is 1. The number of hydrogen-bond acceptors (Lipinski definition) is 4. The van der Waals surface area contributed by atoms with E-state index in [1.54, 1.807) is 18.3 Å². The smallest absolute Gasteiger partial charge is 0.256 e. The first kappa shape index (κ1) is 15.9.